The zero-order chi connectivity index (χ0) is 31.6. The second kappa shape index (κ2) is 12.0. The number of hydrogen-bond donors (Lipinski definition) is 2. The van der Waals surface area contributed by atoms with E-state index < -0.39 is 35.3 Å². The van der Waals surface area contributed by atoms with Gasteiger partial charge in [0.2, 0.25) is 0 Å². The average molecular weight is 698 g/mol. The molecule has 0 saturated heterocycles. The molecule has 2 unspecified atom stereocenters. The Balaban J connectivity index is 0.00000400. The van der Waals surface area contributed by atoms with Crippen molar-refractivity contribution in [3.05, 3.63) is 141 Å². The minimum Gasteiger partial charge on any atom is -0.508 e. The predicted molar refractivity (Wildman–Crippen MR) is 157 cm³/mol. The molecule has 0 heterocycles. The van der Waals surface area contributed by atoms with Crippen LogP contribution in [0.3, 0.4) is 0 Å². The maximum absolute atomic E-state index is 13.7. The average Bonchev–Trinajstić information content (AvgIpc) is 3.41. The Hall–Kier alpha value is -3.58. The molecule has 0 aromatic heterocycles. The molecule has 2 aliphatic carbocycles. The van der Waals surface area contributed by atoms with Gasteiger partial charge in [0.1, 0.15) is 11.5 Å². The number of phenolic OH excluding ortho intramolecular Hbond substituents is 2. The summed E-state index contributed by atoms with van der Waals surface area (Å²) < 4.78 is 82.4. The number of aromatic hydroxyl groups is 2. The molecule has 0 radical (unpaired) electrons. The first kappa shape index (κ1) is 32.8. The summed E-state index contributed by atoms with van der Waals surface area (Å²) in [5, 5.41) is 21.6. The SMILES string of the molecule is CC1=C(CCC2=C(C)c3ccccc3C2c2cc(C(F)(F)F)ccc2O)C(c2cc(C(F)(F)F)ccc2O)c2ccccc21.[Zr]. The minimum atomic E-state index is -4.60. The number of allylic oxidation sites excluding steroid dienone is 4. The molecule has 0 aliphatic heterocycles. The van der Waals surface area contributed by atoms with Crippen LogP contribution in [0, 0.1) is 0 Å². The van der Waals surface area contributed by atoms with Crippen LogP contribution < -0.4 is 0 Å². The van der Waals surface area contributed by atoms with Gasteiger partial charge in [-0.1, -0.05) is 59.7 Å². The molecular weight excluding hydrogens is 670 g/mol. The fourth-order valence-corrected chi connectivity index (χ4v) is 6.90. The van der Waals surface area contributed by atoms with E-state index in [0.717, 1.165) is 80.9 Å². The van der Waals surface area contributed by atoms with Gasteiger partial charge >= 0.3 is 12.4 Å². The normalized spacial score (nSPS) is 17.8. The van der Waals surface area contributed by atoms with Gasteiger partial charge in [-0.3, -0.25) is 0 Å². The van der Waals surface area contributed by atoms with Crippen LogP contribution in [0.15, 0.2) is 96.1 Å². The van der Waals surface area contributed by atoms with Gasteiger partial charge in [0.15, 0.2) is 0 Å². The van der Waals surface area contributed by atoms with Gasteiger partial charge in [-0.05, 0) is 96.5 Å². The van der Waals surface area contributed by atoms with Gasteiger partial charge in [0.25, 0.3) is 0 Å². The Labute approximate surface area is 275 Å². The standard InChI is InChI=1S/C36H28F6O2.Zr/c1-19-23-7-3-5-9-27(23)33(29-17-21(35(37,38)39)11-15-31(29)43)25(19)13-14-26-20(2)24-8-4-6-10-28(24)34(26)30-18-22(36(40,41)42)12-16-32(30)44;/h3-12,15-18,33-34,43-44H,13-14H2,1-2H3;. The Kier molecular flexibility index (Phi) is 8.73. The van der Waals surface area contributed by atoms with Gasteiger partial charge < -0.3 is 10.2 Å². The number of alkyl halides is 6. The zero-order valence-corrected chi connectivity index (χ0v) is 26.8. The first-order chi connectivity index (χ1) is 20.8. The molecule has 9 heteroatoms. The van der Waals surface area contributed by atoms with Crippen molar-refractivity contribution in [1.82, 2.24) is 0 Å². The Morgan fingerprint density at radius 3 is 1.24 bits per heavy atom. The maximum atomic E-state index is 13.7. The second-order valence-electron chi connectivity index (χ2n) is 11.4. The van der Waals surface area contributed by atoms with Crippen molar-refractivity contribution in [2.45, 2.75) is 50.9 Å². The van der Waals surface area contributed by atoms with Crippen LogP contribution in [0.2, 0.25) is 0 Å². The number of hydrogen-bond acceptors (Lipinski definition) is 2. The molecular formula is C36H28F6O2Zr. The minimum absolute atomic E-state index is 0. The van der Waals surface area contributed by atoms with Crippen molar-refractivity contribution in [2.75, 3.05) is 0 Å². The van der Waals surface area contributed by atoms with Crippen molar-refractivity contribution >= 4 is 11.1 Å². The Bertz CT molecular complexity index is 1720. The van der Waals surface area contributed by atoms with Crippen LogP contribution in [0.4, 0.5) is 26.3 Å². The summed E-state index contributed by atoms with van der Waals surface area (Å²) in [6.45, 7) is 3.80. The van der Waals surface area contributed by atoms with Gasteiger partial charge in [-0.15, -0.1) is 0 Å². The molecule has 0 fully saturated rings. The zero-order valence-electron chi connectivity index (χ0n) is 24.3. The topological polar surface area (TPSA) is 40.5 Å². The third-order valence-corrected chi connectivity index (χ3v) is 9.01. The third-order valence-electron chi connectivity index (χ3n) is 9.01. The van der Waals surface area contributed by atoms with Crippen molar-refractivity contribution in [3.63, 3.8) is 0 Å². The Morgan fingerprint density at radius 2 is 0.889 bits per heavy atom. The van der Waals surface area contributed by atoms with Crippen molar-refractivity contribution < 1.29 is 62.8 Å². The molecule has 2 aliphatic rings. The summed E-state index contributed by atoms with van der Waals surface area (Å²) in [4.78, 5) is 0. The monoisotopic (exact) mass is 696 g/mol. The predicted octanol–water partition coefficient (Wildman–Crippen LogP) is 10.5. The van der Waals surface area contributed by atoms with E-state index in [2.05, 4.69) is 0 Å². The summed E-state index contributed by atoms with van der Waals surface area (Å²) in [6, 6.07) is 20.6. The summed E-state index contributed by atoms with van der Waals surface area (Å²) in [6.07, 6.45) is -8.45. The van der Waals surface area contributed by atoms with Gasteiger partial charge in [-0.2, -0.15) is 26.3 Å². The number of benzene rings is 4. The number of fused-ring (bicyclic) bond motifs is 2. The van der Waals surface area contributed by atoms with Gasteiger partial charge in [0.05, 0.1) is 11.1 Å². The molecule has 0 spiro atoms. The van der Waals surface area contributed by atoms with Crippen LogP contribution in [-0.4, -0.2) is 10.2 Å². The molecule has 0 bridgehead atoms. The van der Waals surface area contributed by atoms with E-state index in [1.807, 2.05) is 50.2 Å². The fraction of sp³-hybridized carbons (Fsp3) is 0.222. The van der Waals surface area contributed by atoms with Crippen LogP contribution in [-0.2, 0) is 38.6 Å². The quantitative estimate of drug-likeness (QED) is 0.204. The van der Waals surface area contributed by atoms with E-state index >= 15 is 0 Å². The molecule has 0 saturated carbocycles. The summed E-state index contributed by atoms with van der Waals surface area (Å²) >= 11 is 0. The number of rotatable bonds is 5. The second-order valence-corrected chi connectivity index (χ2v) is 11.4. The van der Waals surface area contributed by atoms with Crippen LogP contribution in [0.25, 0.3) is 11.1 Å². The van der Waals surface area contributed by atoms with Crippen molar-refractivity contribution in [1.29, 1.82) is 0 Å². The van der Waals surface area contributed by atoms with E-state index in [0.29, 0.717) is 12.8 Å². The van der Waals surface area contributed by atoms with Crippen LogP contribution in [0.1, 0.15) is 83.0 Å². The van der Waals surface area contributed by atoms with Crippen molar-refractivity contribution in [3.8, 4) is 11.5 Å². The van der Waals surface area contributed by atoms with Gasteiger partial charge in [0, 0.05) is 49.2 Å². The number of halogens is 6. The van der Waals surface area contributed by atoms with E-state index in [4.69, 9.17) is 0 Å². The fourth-order valence-electron chi connectivity index (χ4n) is 6.90. The molecule has 0 amide bonds. The Morgan fingerprint density at radius 1 is 0.533 bits per heavy atom. The molecule has 2 atom stereocenters. The van der Waals surface area contributed by atoms with Crippen LogP contribution in [0.5, 0.6) is 11.5 Å². The summed E-state index contributed by atoms with van der Waals surface area (Å²) in [7, 11) is 0. The van der Waals surface area contributed by atoms with E-state index in [1.54, 1.807) is 12.1 Å². The van der Waals surface area contributed by atoms with Crippen LogP contribution >= 0.6 is 0 Å². The van der Waals surface area contributed by atoms with E-state index in [-0.39, 0.29) is 48.8 Å². The summed E-state index contributed by atoms with van der Waals surface area (Å²) in [5.74, 6) is -1.78. The van der Waals surface area contributed by atoms with Gasteiger partial charge in [-0.25, -0.2) is 0 Å². The molecule has 45 heavy (non-hydrogen) atoms. The molecule has 4 aromatic rings. The maximum Gasteiger partial charge on any atom is 0.416 e. The van der Waals surface area contributed by atoms with E-state index in [1.165, 1.54) is 0 Å². The summed E-state index contributed by atoms with van der Waals surface area (Å²) in [5.41, 5.74) is 5.28. The largest absolute Gasteiger partial charge is 0.508 e. The third kappa shape index (κ3) is 5.80. The molecule has 6 rings (SSSR count). The first-order valence-electron chi connectivity index (χ1n) is 14.2. The smallest absolute Gasteiger partial charge is 0.416 e. The van der Waals surface area contributed by atoms with Crippen molar-refractivity contribution in [2.24, 2.45) is 0 Å². The molecule has 230 valence electrons. The molecule has 2 nitrogen and oxygen atoms in total. The number of phenols is 2. The molecule has 4 aromatic carbocycles. The first-order valence-corrected chi connectivity index (χ1v) is 14.2. The molecule has 2 N–H and O–H groups in total. The van der Waals surface area contributed by atoms with E-state index in [9.17, 15) is 36.6 Å².